The van der Waals surface area contributed by atoms with Crippen LogP contribution in [-0.4, -0.2) is 61.2 Å². The molecule has 8 nitrogen and oxygen atoms in total. The number of urea groups is 1. The molecule has 2 heterocycles. The third-order valence-electron chi connectivity index (χ3n) is 4.64. The lowest BCUT2D eigenvalue weighted by atomic mass is 10.2. The molecule has 2 N–H and O–H groups in total. The average molecular weight is 437 g/mol. The fourth-order valence-corrected chi connectivity index (χ4v) is 3.11. The molecule has 1 aliphatic heterocycles. The van der Waals surface area contributed by atoms with Crippen LogP contribution in [0, 0.1) is 5.82 Å². The van der Waals surface area contributed by atoms with Crippen LogP contribution < -0.4 is 20.3 Å². The number of benzene rings is 1. The van der Waals surface area contributed by atoms with E-state index in [2.05, 4.69) is 25.3 Å². The number of aromatic nitrogens is 1. The normalized spacial score (nSPS) is 13.8. The lowest BCUT2D eigenvalue weighted by Crippen LogP contribution is -2.49. The minimum Gasteiger partial charge on any atom is -0.432 e. The van der Waals surface area contributed by atoms with Gasteiger partial charge in [0.25, 0.3) is 0 Å². The van der Waals surface area contributed by atoms with Gasteiger partial charge in [-0.3, -0.25) is 4.79 Å². The summed E-state index contributed by atoms with van der Waals surface area (Å²) in [4.78, 5) is 32.4. The highest BCUT2D eigenvalue weighted by Gasteiger charge is 2.21. The third-order valence-corrected chi connectivity index (χ3v) is 4.64. The van der Waals surface area contributed by atoms with Gasteiger partial charge in [0.05, 0.1) is 0 Å². The molecule has 11 heteroatoms. The van der Waals surface area contributed by atoms with Crippen molar-refractivity contribution in [2.45, 2.75) is 13.0 Å². The Morgan fingerprint density at radius 3 is 2.55 bits per heavy atom. The first kappa shape index (κ1) is 22.2. The summed E-state index contributed by atoms with van der Waals surface area (Å²) in [7, 11) is 0. The zero-order valence-electron chi connectivity index (χ0n) is 16.6. The van der Waals surface area contributed by atoms with Gasteiger partial charge in [-0.25, -0.2) is 14.2 Å². The van der Waals surface area contributed by atoms with Crippen molar-refractivity contribution in [2.24, 2.45) is 0 Å². The number of nitrogens with zero attached hydrogens (tertiary/aromatic N) is 3. The Hall–Kier alpha value is -3.50. The van der Waals surface area contributed by atoms with Gasteiger partial charge in [-0.2, -0.15) is 8.78 Å². The number of hydrogen-bond donors (Lipinski definition) is 2. The molecule has 0 atom stereocenters. The first-order valence-corrected chi connectivity index (χ1v) is 9.65. The summed E-state index contributed by atoms with van der Waals surface area (Å²) < 4.78 is 42.0. The number of rotatable bonds is 7. The summed E-state index contributed by atoms with van der Waals surface area (Å²) in [5.41, 5.74) is 0.0635. The summed E-state index contributed by atoms with van der Waals surface area (Å²) in [6, 6.07) is 8.12. The lowest BCUT2D eigenvalue weighted by molar-refractivity contribution is -0.131. The molecule has 3 rings (SSSR count). The van der Waals surface area contributed by atoms with Gasteiger partial charge in [-0.15, -0.1) is 0 Å². The highest BCUT2D eigenvalue weighted by molar-refractivity contribution is 5.89. The van der Waals surface area contributed by atoms with E-state index in [1.165, 1.54) is 6.07 Å². The summed E-state index contributed by atoms with van der Waals surface area (Å²) in [6.07, 6.45) is 1.84. The number of piperazine rings is 1. The molecule has 2 aromatic rings. The topological polar surface area (TPSA) is 86.8 Å². The van der Waals surface area contributed by atoms with Gasteiger partial charge in [0.1, 0.15) is 5.82 Å². The lowest BCUT2D eigenvalue weighted by Gasteiger charge is -2.35. The van der Waals surface area contributed by atoms with Crippen LogP contribution in [-0.2, 0) is 4.79 Å². The van der Waals surface area contributed by atoms with E-state index in [4.69, 9.17) is 0 Å². The van der Waals surface area contributed by atoms with Crippen molar-refractivity contribution in [3.05, 3.63) is 48.4 Å². The van der Waals surface area contributed by atoms with Crippen LogP contribution in [0.1, 0.15) is 6.42 Å². The Morgan fingerprint density at radius 1 is 1.13 bits per heavy atom. The number of nitrogens with one attached hydrogen (secondary N) is 2. The second-order valence-electron chi connectivity index (χ2n) is 6.71. The molecule has 0 saturated carbocycles. The van der Waals surface area contributed by atoms with Gasteiger partial charge in [-0.1, -0.05) is 6.07 Å². The van der Waals surface area contributed by atoms with E-state index in [0.717, 1.165) is 18.0 Å². The standard InChI is InChI=1S/C20H22F3N5O3/c21-15-13-14(4-5-16(15)31-19(22)23)26-20(30)25-8-6-18(29)28-11-9-27(10-12-28)17-3-1-2-7-24-17/h1-5,7,13,19H,6,8-12H2,(H2,25,26,30). The Balaban J connectivity index is 1.38. The minimum atomic E-state index is -3.15. The van der Waals surface area contributed by atoms with E-state index < -0.39 is 24.2 Å². The minimum absolute atomic E-state index is 0.0635. The zero-order chi connectivity index (χ0) is 22.2. The van der Waals surface area contributed by atoms with Crippen LogP contribution in [0.15, 0.2) is 42.6 Å². The van der Waals surface area contributed by atoms with Crippen molar-refractivity contribution >= 4 is 23.4 Å². The van der Waals surface area contributed by atoms with Gasteiger partial charge < -0.3 is 25.2 Å². The number of ether oxygens (including phenoxy) is 1. The maximum atomic E-state index is 13.7. The van der Waals surface area contributed by atoms with Gasteiger partial charge >= 0.3 is 12.6 Å². The summed E-state index contributed by atoms with van der Waals surface area (Å²) in [5, 5.41) is 4.88. The molecule has 3 amide bonds. The predicted octanol–water partition coefficient (Wildman–Crippen LogP) is 2.68. The molecule has 0 radical (unpaired) electrons. The Labute approximate surface area is 177 Å². The zero-order valence-corrected chi connectivity index (χ0v) is 16.6. The molecular weight excluding hydrogens is 415 g/mol. The van der Waals surface area contributed by atoms with Crippen molar-refractivity contribution in [2.75, 3.05) is 42.9 Å². The summed E-state index contributed by atoms with van der Waals surface area (Å²) >= 11 is 0. The molecular formula is C20H22F3N5O3. The molecule has 0 unspecified atom stereocenters. The largest absolute Gasteiger partial charge is 0.432 e. The number of carbonyl (C=O) groups is 2. The molecule has 1 aromatic heterocycles. The Bertz CT molecular complexity index is 893. The quantitative estimate of drug-likeness (QED) is 0.696. The maximum Gasteiger partial charge on any atom is 0.387 e. The van der Waals surface area contributed by atoms with Gasteiger partial charge in [0.2, 0.25) is 5.91 Å². The van der Waals surface area contributed by atoms with Crippen molar-refractivity contribution in [1.29, 1.82) is 0 Å². The molecule has 1 aromatic carbocycles. The van der Waals surface area contributed by atoms with E-state index >= 15 is 0 Å². The number of hydrogen-bond acceptors (Lipinski definition) is 5. The second-order valence-corrected chi connectivity index (χ2v) is 6.71. The average Bonchev–Trinajstić information content (AvgIpc) is 2.76. The number of anilines is 2. The van der Waals surface area contributed by atoms with E-state index in [9.17, 15) is 22.8 Å². The number of pyridine rings is 1. The van der Waals surface area contributed by atoms with Crippen LogP contribution in [0.2, 0.25) is 0 Å². The molecule has 31 heavy (non-hydrogen) atoms. The highest BCUT2D eigenvalue weighted by atomic mass is 19.3. The molecule has 1 fully saturated rings. The number of alkyl halides is 2. The highest BCUT2D eigenvalue weighted by Crippen LogP contribution is 2.22. The predicted molar refractivity (Wildman–Crippen MR) is 108 cm³/mol. The van der Waals surface area contributed by atoms with Gasteiger partial charge in [0.15, 0.2) is 11.6 Å². The first-order chi connectivity index (χ1) is 14.9. The van der Waals surface area contributed by atoms with Crippen molar-refractivity contribution in [1.82, 2.24) is 15.2 Å². The summed E-state index contributed by atoms with van der Waals surface area (Å²) in [6.45, 7) is -0.574. The van der Waals surface area contributed by atoms with Gasteiger partial charge in [-0.05, 0) is 24.3 Å². The number of carbonyl (C=O) groups excluding carboxylic acids is 2. The van der Waals surface area contributed by atoms with Crippen LogP contribution in [0.5, 0.6) is 5.75 Å². The van der Waals surface area contributed by atoms with E-state index in [-0.39, 0.29) is 24.6 Å². The second kappa shape index (κ2) is 10.5. The SMILES string of the molecule is O=C(NCCC(=O)N1CCN(c2ccccn2)CC1)Nc1ccc(OC(F)F)c(F)c1. The fourth-order valence-electron chi connectivity index (χ4n) is 3.11. The maximum absolute atomic E-state index is 13.7. The van der Waals surface area contributed by atoms with E-state index in [1.54, 1.807) is 11.1 Å². The molecule has 166 valence electrons. The van der Waals surface area contributed by atoms with Crippen molar-refractivity contribution < 1.29 is 27.5 Å². The monoisotopic (exact) mass is 437 g/mol. The van der Waals surface area contributed by atoms with Gasteiger partial charge in [0, 0.05) is 57.1 Å². The molecule has 0 bridgehead atoms. The van der Waals surface area contributed by atoms with E-state index in [0.29, 0.717) is 26.2 Å². The molecule has 0 spiro atoms. The first-order valence-electron chi connectivity index (χ1n) is 9.65. The molecule has 0 aliphatic carbocycles. The van der Waals surface area contributed by atoms with Crippen LogP contribution in [0.25, 0.3) is 0 Å². The third kappa shape index (κ3) is 6.49. The smallest absolute Gasteiger partial charge is 0.387 e. The fraction of sp³-hybridized carbons (Fsp3) is 0.350. The van der Waals surface area contributed by atoms with Crippen molar-refractivity contribution in [3.8, 4) is 5.75 Å². The van der Waals surface area contributed by atoms with Crippen LogP contribution in [0.4, 0.5) is 29.5 Å². The molecule has 1 aliphatic rings. The van der Waals surface area contributed by atoms with Crippen LogP contribution in [0.3, 0.4) is 0 Å². The Morgan fingerprint density at radius 2 is 1.90 bits per heavy atom. The number of halogens is 3. The van der Waals surface area contributed by atoms with Crippen LogP contribution >= 0.6 is 0 Å². The van der Waals surface area contributed by atoms with Crippen molar-refractivity contribution in [3.63, 3.8) is 0 Å². The summed E-state index contributed by atoms with van der Waals surface area (Å²) in [5.74, 6) is -0.855. The van der Waals surface area contributed by atoms with E-state index in [1.807, 2.05) is 18.2 Å². The molecule has 1 saturated heterocycles. The number of amides is 3. The Kier molecular flexibility index (Phi) is 7.52.